The predicted octanol–water partition coefficient (Wildman–Crippen LogP) is 3.58. The Labute approximate surface area is 202 Å². The molecule has 34 heavy (non-hydrogen) atoms. The number of benzene rings is 1. The SMILES string of the molecule is CC(C)n1cnc2c(NCc3ccc(N)cc3)nc(NCCCCC(=O)C3CSC(=O)N3)nc21. The molecule has 2 aromatic heterocycles. The highest BCUT2D eigenvalue weighted by molar-refractivity contribution is 8.14. The topological polar surface area (TPSA) is 140 Å². The number of aromatic nitrogens is 4. The fourth-order valence-corrected chi connectivity index (χ4v) is 4.49. The number of anilines is 3. The Morgan fingerprint density at radius 3 is 2.74 bits per heavy atom. The molecule has 1 unspecified atom stereocenters. The van der Waals surface area contributed by atoms with Crippen LogP contribution in [0.2, 0.25) is 0 Å². The smallest absolute Gasteiger partial charge is 0.279 e. The van der Waals surface area contributed by atoms with Crippen LogP contribution in [0.15, 0.2) is 30.6 Å². The number of nitrogens with one attached hydrogen (secondary N) is 3. The van der Waals surface area contributed by atoms with Crippen LogP contribution in [0.5, 0.6) is 0 Å². The first kappa shape index (κ1) is 23.8. The van der Waals surface area contributed by atoms with Crippen molar-refractivity contribution in [2.75, 3.05) is 28.7 Å². The van der Waals surface area contributed by atoms with Gasteiger partial charge < -0.3 is 26.3 Å². The van der Waals surface area contributed by atoms with Gasteiger partial charge in [-0.1, -0.05) is 23.9 Å². The summed E-state index contributed by atoms with van der Waals surface area (Å²) in [6.45, 7) is 5.39. The molecule has 1 saturated heterocycles. The normalized spacial score (nSPS) is 15.6. The van der Waals surface area contributed by atoms with E-state index in [4.69, 9.17) is 10.7 Å². The van der Waals surface area contributed by atoms with Gasteiger partial charge in [-0.25, -0.2) is 4.98 Å². The van der Waals surface area contributed by atoms with Gasteiger partial charge in [-0.2, -0.15) is 9.97 Å². The summed E-state index contributed by atoms with van der Waals surface area (Å²) in [7, 11) is 0. The molecule has 10 nitrogen and oxygen atoms in total. The Hall–Kier alpha value is -3.34. The number of nitrogens with zero attached hydrogens (tertiary/aromatic N) is 4. The molecule has 4 rings (SSSR count). The summed E-state index contributed by atoms with van der Waals surface area (Å²) in [4.78, 5) is 37.3. The number of hydrogen-bond acceptors (Lipinski definition) is 9. The third-order valence-electron chi connectivity index (χ3n) is 5.61. The van der Waals surface area contributed by atoms with Crippen molar-refractivity contribution in [1.29, 1.82) is 0 Å². The van der Waals surface area contributed by atoms with Gasteiger partial charge in [0, 0.05) is 37.0 Å². The molecule has 1 atom stereocenters. The number of nitrogen functional groups attached to an aromatic ring is 1. The Morgan fingerprint density at radius 1 is 1.24 bits per heavy atom. The second-order valence-corrected chi connectivity index (χ2v) is 9.55. The summed E-state index contributed by atoms with van der Waals surface area (Å²) >= 11 is 1.17. The summed E-state index contributed by atoms with van der Waals surface area (Å²) in [6, 6.07) is 7.56. The average Bonchev–Trinajstić information content (AvgIpc) is 3.44. The quantitative estimate of drug-likeness (QED) is 0.238. The van der Waals surface area contributed by atoms with Gasteiger partial charge in [0.2, 0.25) is 5.95 Å². The summed E-state index contributed by atoms with van der Waals surface area (Å²) < 4.78 is 2.02. The molecule has 0 radical (unpaired) electrons. The van der Waals surface area contributed by atoms with Gasteiger partial charge in [0.15, 0.2) is 22.8 Å². The Bertz CT molecular complexity index is 1160. The van der Waals surface area contributed by atoms with Crippen molar-refractivity contribution in [3.05, 3.63) is 36.2 Å². The molecule has 0 spiro atoms. The van der Waals surface area contributed by atoms with Gasteiger partial charge in [-0.05, 0) is 44.4 Å². The largest absolute Gasteiger partial charge is 0.399 e. The highest BCUT2D eigenvalue weighted by atomic mass is 32.2. The van der Waals surface area contributed by atoms with Crippen LogP contribution >= 0.6 is 11.8 Å². The van der Waals surface area contributed by atoms with Crippen molar-refractivity contribution in [3.8, 4) is 0 Å². The van der Waals surface area contributed by atoms with Crippen LogP contribution in [-0.2, 0) is 11.3 Å². The standard InChI is InChI=1S/C23H30N8O2S/c1-14(2)31-13-27-19-20(26-11-15-6-8-16(24)9-7-15)29-22(30-21(19)31)25-10-4-3-5-18(32)17-12-34-23(33)28-17/h6-9,13-14,17H,3-5,10-12,24H2,1-2H3,(H,28,33)(H2,25,26,29,30). The zero-order chi connectivity index (χ0) is 24.1. The Balaban J connectivity index is 1.38. The number of thioether (sulfide) groups is 1. The Morgan fingerprint density at radius 2 is 2.03 bits per heavy atom. The number of ketones is 1. The summed E-state index contributed by atoms with van der Waals surface area (Å²) in [6.07, 6.45) is 3.76. The van der Waals surface area contributed by atoms with Crippen LogP contribution in [0.1, 0.15) is 44.7 Å². The van der Waals surface area contributed by atoms with E-state index in [0.29, 0.717) is 37.0 Å². The summed E-state index contributed by atoms with van der Waals surface area (Å²) in [5.41, 5.74) is 9.07. The third kappa shape index (κ3) is 5.77. The first-order chi connectivity index (χ1) is 16.4. The third-order valence-corrected chi connectivity index (χ3v) is 6.49. The van der Waals surface area contributed by atoms with Gasteiger partial charge in [0.1, 0.15) is 0 Å². The van der Waals surface area contributed by atoms with Gasteiger partial charge in [-0.3, -0.25) is 9.59 Å². The lowest BCUT2D eigenvalue weighted by molar-refractivity contribution is -0.120. The maximum absolute atomic E-state index is 12.2. The number of carbonyl (C=O) groups is 2. The zero-order valence-corrected chi connectivity index (χ0v) is 20.2. The van der Waals surface area contributed by atoms with E-state index in [1.165, 1.54) is 11.8 Å². The van der Waals surface area contributed by atoms with Crippen molar-refractivity contribution in [3.63, 3.8) is 0 Å². The molecule has 0 aliphatic carbocycles. The molecule has 1 fully saturated rings. The predicted molar refractivity (Wildman–Crippen MR) is 136 cm³/mol. The molecule has 1 amide bonds. The minimum atomic E-state index is -0.345. The summed E-state index contributed by atoms with van der Waals surface area (Å²) in [5, 5.41) is 9.25. The lowest BCUT2D eigenvalue weighted by Crippen LogP contribution is -2.34. The molecule has 3 aromatic rings. The van der Waals surface area contributed by atoms with E-state index < -0.39 is 0 Å². The lowest BCUT2D eigenvalue weighted by Gasteiger charge is -2.12. The lowest BCUT2D eigenvalue weighted by atomic mass is 10.1. The molecule has 1 aromatic carbocycles. The second-order valence-electron chi connectivity index (χ2n) is 8.55. The molecule has 1 aliphatic rings. The van der Waals surface area contributed by atoms with Gasteiger partial charge in [0.25, 0.3) is 5.24 Å². The van der Waals surface area contributed by atoms with Crippen molar-refractivity contribution in [2.45, 2.75) is 51.7 Å². The van der Waals surface area contributed by atoms with Crippen LogP contribution < -0.4 is 21.7 Å². The Kier molecular flexibility index (Phi) is 7.51. The number of rotatable bonds is 11. The zero-order valence-electron chi connectivity index (χ0n) is 19.4. The number of imidazole rings is 1. The van der Waals surface area contributed by atoms with E-state index >= 15 is 0 Å². The fourth-order valence-electron chi connectivity index (χ4n) is 3.67. The van der Waals surface area contributed by atoms with Crippen molar-refractivity contribution in [2.24, 2.45) is 0 Å². The van der Waals surface area contributed by atoms with E-state index in [0.717, 1.165) is 35.3 Å². The van der Waals surface area contributed by atoms with E-state index in [-0.39, 0.29) is 23.1 Å². The van der Waals surface area contributed by atoms with Crippen LogP contribution in [0.3, 0.4) is 0 Å². The number of nitrogens with two attached hydrogens (primary N) is 1. The van der Waals surface area contributed by atoms with E-state index in [2.05, 4.69) is 39.8 Å². The highest BCUT2D eigenvalue weighted by Gasteiger charge is 2.27. The van der Waals surface area contributed by atoms with Crippen LogP contribution in [0.25, 0.3) is 11.2 Å². The first-order valence-corrected chi connectivity index (χ1v) is 12.4. The van der Waals surface area contributed by atoms with E-state index in [1.54, 1.807) is 6.33 Å². The van der Waals surface area contributed by atoms with Crippen molar-refractivity contribution < 1.29 is 9.59 Å². The molecule has 0 saturated carbocycles. The van der Waals surface area contributed by atoms with Crippen molar-refractivity contribution >= 4 is 51.4 Å². The second kappa shape index (κ2) is 10.7. The maximum atomic E-state index is 12.2. The molecule has 1 aliphatic heterocycles. The van der Waals surface area contributed by atoms with E-state index in [9.17, 15) is 9.59 Å². The van der Waals surface area contributed by atoms with Crippen LogP contribution in [-0.4, -0.2) is 48.9 Å². The number of amides is 1. The molecule has 11 heteroatoms. The first-order valence-electron chi connectivity index (χ1n) is 11.4. The average molecular weight is 483 g/mol. The van der Waals surface area contributed by atoms with Gasteiger partial charge in [0.05, 0.1) is 12.4 Å². The number of unbranched alkanes of at least 4 members (excludes halogenated alkanes) is 1. The number of hydrogen-bond donors (Lipinski definition) is 4. The van der Waals surface area contributed by atoms with Gasteiger partial charge in [-0.15, -0.1) is 0 Å². The molecule has 0 bridgehead atoms. The van der Waals surface area contributed by atoms with Gasteiger partial charge >= 0.3 is 0 Å². The molecular weight excluding hydrogens is 452 g/mol. The monoisotopic (exact) mass is 482 g/mol. The molecule has 180 valence electrons. The molecular formula is C23H30N8O2S. The number of fused-ring (bicyclic) bond motifs is 1. The van der Waals surface area contributed by atoms with E-state index in [1.807, 2.05) is 28.8 Å². The minimum Gasteiger partial charge on any atom is -0.399 e. The maximum Gasteiger partial charge on any atom is 0.279 e. The summed E-state index contributed by atoms with van der Waals surface area (Å²) in [5.74, 6) is 1.79. The molecule has 3 heterocycles. The van der Waals surface area contributed by atoms with Crippen LogP contribution in [0.4, 0.5) is 22.2 Å². The van der Waals surface area contributed by atoms with Crippen LogP contribution in [0, 0.1) is 0 Å². The number of Topliss-reactive ketones (excluding diaryl/α,β-unsaturated/α-hetero) is 1. The fraction of sp³-hybridized carbons (Fsp3) is 0.435. The minimum absolute atomic E-state index is 0.0889. The number of carbonyl (C=O) groups excluding carboxylic acids is 2. The molecule has 5 N–H and O–H groups in total. The van der Waals surface area contributed by atoms with Crippen molar-refractivity contribution in [1.82, 2.24) is 24.8 Å². The highest BCUT2D eigenvalue weighted by Crippen LogP contribution is 2.24.